The molecule has 9 nitrogen and oxygen atoms in total. The molecule has 0 saturated carbocycles. The van der Waals surface area contributed by atoms with E-state index in [0.29, 0.717) is 23.4 Å². The number of esters is 2. The maximum atomic E-state index is 14.2. The summed E-state index contributed by atoms with van der Waals surface area (Å²) in [5.74, 6) is -3.34. The topological polar surface area (TPSA) is 126 Å². The number of nitrogens with zero attached hydrogens (tertiary/aromatic N) is 4. The molecule has 2 aromatic heterocycles. The van der Waals surface area contributed by atoms with Crippen LogP contribution in [0, 0.1) is 37.5 Å². The normalized spacial score (nSPS) is 25.9. The third-order valence-corrected chi connectivity index (χ3v) is 11.1. The molecule has 1 fully saturated rings. The fourth-order valence-electron chi connectivity index (χ4n) is 7.88. The number of ketones is 1. The Balaban J connectivity index is 0.00000504. The average Bonchev–Trinajstić information content (AvgIpc) is 3.84. The van der Waals surface area contributed by atoms with Crippen molar-refractivity contribution >= 4 is 65.1 Å². The van der Waals surface area contributed by atoms with Gasteiger partial charge in [-0.25, -0.2) is 0 Å². The summed E-state index contributed by atoms with van der Waals surface area (Å²) in [7, 11) is 1.30. The number of rotatable bonds is 9. The van der Waals surface area contributed by atoms with Crippen LogP contribution in [-0.4, -0.2) is 60.5 Å². The van der Waals surface area contributed by atoms with Crippen molar-refractivity contribution in [1.29, 1.82) is 0 Å². The van der Waals surface area contributed by atoms with Crippen LogP contribution in [0.3, 0.4) is 0 Å². The molecule has 0 radical (unpaired) electrons. The zero-order chi connectivity index (χ0) is 36.0. The largest absolute Gasteiger partial charge is 2.00 e. The number of hydrogen-bond donors (Lipinski definition) is 0. The zero-order valence-electron chi connectivity index (χ0n) is 31.1. The smallest absolute Gasteiger partial charge is 0.681 e. The van der Waals surface area contributed by atoms with Crippen LogP contribution in [0.2, 0.25) is 0 Å². The van der Waals surface area contributed by atoms with Crippen molar-refractivity contribution in [2.24, 2.45) is 23.7 Å². The molecule has 0 amide bonds. The Morgan fingerprint density at radius 1 is 1.02 bits per heavy atom. The predicted octanol–water partition coefficient (Wildman–Crippen LogP) is 5.60. The first kappa shape index (κ1) is 38.2. The molecule has 3 aliphatic heterocycles. The van der Waals surface area contributed by atoms with Crippen molar-refractivity contribution in [3.63, 3.8) is 0 Å². The monoisotopic (exact) mass is 698 g/mol. The Morgan fingerprint density at radius 3 is 2.43 bits per heavy atom. The zero-order valence-corrected chi connectivity index (χ0v) is 32.5. The first-order chi connectivity index (χ1) is 23.9. The number of hydrogen-bond acceptors (Lipinski definition) is 5. The summed E-state index contributed by atoms with van der Waals surface area (Å²) in [4.78, 5) is 50.7. The summed E-state index contributed by atoms with van der Waals surface area (Å²) >= 11 is 0. The van der Waals surface area contributed by atoms with Gasteiger partial charge in [0.05, 0.1) is 7.11 Å². The van der Waals surface area contributed by atoms with Crippen molar-refractivity contribution in [2.75, 3.05) is 13.7 Å². The first-order valence-corrected chi connectivity index (χ1v) is 17.6. The molecule has 0 aromatic carbocycles. The van der Waals surface area contributed by atoms with E-state index in [-0.39, 0.29) is 59.7 Å². The Labute approximate surface area is 316 Å². The van der Waals surface area contributed by atoms with E-state index in [4.69, 9.17) is 30.1 Å². The Hall–Kier alpha value is -4.02. The minimum Gasteiger partial charge on any atom is -0.681 e. The van der Waals surface area contributed by atoms with Gasteiger partial charge in [0.2, 0.25) is 0 Å². The molecule has 0 spiro atoms. The van der Waals surface area contributed by atoms with E-state index in [1.165, 1.54) is 7.11 Å². The summed E-state index contributed by atoms with van der Waals surface area (Å²) in [5, 5.41) is 12.0. The second-order valence-electron chi connectivity index (χ2n) is 13.8. The molecule has 8 bridgehead atoms. The molecule has 1 aliphatic carbocycles. The fourth-order valence-corrected chi connectivity index (χ4v) is 7.88. The quantitative estimate of drug-likeness (QED) is 0.145. The molecule has 10 heteroatoms. The van der Waals surface area contributed by atoms with Gasteiger partial charge < -0.3 is 30.1 Å². The minimum atomic E-state index is -1.14. The van der Waals surface area contributed by atoms with Gasteiger partial charge >= 0.3 is 35.0 Å². The van der Waals surface area contributed by atoms with Gasteiger partial charge in [0.15, 0.2) is 5.78 Å². The second-order valence-corrected chi connectivity index (χ2v) is 13.8. The molecule has 5 heterocycles. The minimum absolute atomic E-state index is 0. The van der Waals surface area contributed by atoms with E-state index < -0.39 is 23.8 Å². The summed E-state index contributed by atoms with van der Waals surface area (Å²) in [6.07, 6.45) is 12.0. The van der Waals surface area contributed by atoms with Crippen LogP contribution in [0.15, 0.2) is 46.5 Å². The third kappa shape index (κ3) is 6.73. The Kier molecular flexibility index (Phi) is 11.5. The van der Waals surface area contributed by atoms with Crippen LogP contribution in [0.4, 0.5) is 0 Å². The second kappa shape index (κ2) is 15.3. The standard InChI is InChI=1S/C41H46N4O5.Mg/c1-10-20(4)15-16-50-34(46)14-13-27-23(7)30-17-28-21(5)25(11-2)32(42-28)18-29-22(6)26(12-3)33(43-29)19-31-24(8)35-39(45-31)36(38(27)44-30)37(40(35)47)41(48)49-9;/h11,15,17-19,23,27,35,37-38H,2,10,12-14,16H2,1,3-9H3;/q-4;+2/b20-15+,29-18-,30-17-,33-19-;/t23-,27-,35?,37+,38?;/m0./s1. The third-order valence-electron chi connectivity index (χ3n) is 11.1. The molecule has 264 valence electrons. The number of fused-ring (bicyclic) bond motifs is 8. The average molecular weight is 699 g/mol. The van der Waals surface area contributed by atoms with Gasteiger partial charge in [-0.2, -0.15) is 5.70 Å². The maximum absolute atomic E-state index is 14.2. The fraction of sp³-hybridized carbons (Fsp3) is 0.439. The van der Waals surface area contributed by atoms with Crippen molar-refractivity contribution in [3.05, 3.63) is 101 Å². The molecule has 2 unspecified atom stereocenters. The molecular formula is C41H46MgN4O5-2. The van der Waals surface area contributed by atoms with Crippen LogP contribution in [0.1, 0.15) is 87.5 Å². The van der Waals surface area contributed by atoms with Gasteiger partial charge in [0.25, 0.3) is 0 Å². The number of ether oxygens (including phenoxy) is 2. The number of carbonyl (C=O) groups is 3. The Bertz CT molecular complexity index is 2040. The van der Waals surface area contributed by atoms with Gasteiger partial charge in [0, 0.05) is 12.3 Å². The van der Waals surface area contributed by atoms with Crippen LogP contribution in [-0.2, 0) is 30.3 Å². The van der Waals surface area contributed by atoms with E-state index in [1.54, 1.807) is 0 Å². The molecule has 1 saturated heterocycles. The number of allylic oxidation sites excluding steroid dienone is 4. The SMILES string of the molecule is C=Cc1c2[n-]c(c1C)/C=C1\[N-]C(C3=C4[N-]C(=C(C)C4C(=O)[C@@H]3C(=O)OC)/C=c3\[n-]/c(c(C)c3CC)=C\2)[C@@H](CCC(=O)OC/C=C(\C)CC)[C@@H]1C.[Mg+2]. The van der Waals surface area contributed by atoms with Gasteiger partial charge in [-0.15, -0.1) is 33.5 Å². The van der Waals surface area contributed by atoms with Crippen molar-refractivity contribution < 1.29 is 23.9 Å². The molecule has 0 N–H and O–H groups in total. The summed E-state index contributed by atoms with van der Waals surface area (Å²) in [6, 6.07) is -0.583. The molecular weight excluding hydrogens is 653 g/mol. The number of aromatic nitrogens is 2. The molecule has 6 rings (SSSR count). The van der Waals surface area contributed by atoms with Gasteiger partial charge in [0.1, 0.15) is 12.5 Å². The number of Topliss-reactive ketones (excluding diaryl/α,β-unsaturated/α-hetero) is 1. The van der Waals surface area contributed by atoms with Crippen molar-refractivity contribution in [1.82, 2.24) is 9.97 Å². The van der Waals surface area contributed by atoms with E-state index in [2.05, 4.69) is 34.3 Å². The number of carbonyl (C=O) groups excluding carboxylic acids is 3. The van der Waals surface area contributed by atoms with Gasteiger partial charge in [-0.05, 0) is 70.4 Å². The molecule has 5 atom stereocenters. The Morgan fingerprint density at radius 2 is 1.76 bits per heavy atom. The van der Waals surface area contributed by atoms with Crippen LogP contribution >= 0.6 is 0 Å². The summed E-state index contributed by atoms with van der Waals surface area (Å²) in [5.41, 5.74) is 10.1. The van der Waals surface area contributed by atoms with Gasteiger partial charge in [-0.1, -0.05) is 91.1 Å². The van der Waals surface area contributed by atoms with Crippen LogP contribution in [0.5, 0.6) is 0 Å². The molecule has 2 aromatic rings. The van der Waals surface area contributed by atoms with Crippen molar-refractivity contribution in [3.8, 4) is 0 Å². The van der Waals surface area contributed by atoms with E-state index >= 15 is 0 Å². The molecule has 4 aliphatic rings. The predicted molar refractivity (Wildman–Crippen MR) is 201 cm³/mol. The first-order valence-electron chi connectivity index (χ1n) is 17.6. The number of methoxy groups -OCH3 is 1. The van der Waals surface area contributed by atoms with Gasteiger partial charge in [-0.3, -0.25) is 14.4 Å². The van der Waals surface area contributed by atoms with E-state index in [9.17, 15) is 14.4 Å². The molecule has 51 heavy (non-hydrogen) atoms. The van der Waals surface area contributed by atoms with Crippen LogP contribution in [0.25, 0.3) is 34.9 Å². The maximum Gasteiger partial charge on any atom is 2.00 e. The van der Waals surface area contributed by atoms with E-state index in [1.807, 2.05) is 51.2 Å². The summed E-state index contributed by atoms with van der Waals surface area (Å²) in [6.45, 7) is 18.6. The van der Waals surface area contributed by atoms with Crippen molar-refractivity contribution in [2.45, 2.75) is 80.2 Å². The van der Waals surface area contributed by atoms with E-state index in [0.717, 1.165) is 74.0 Å². The van der Waals surface area contributed by atoms with Crippen LogP contribution < -0.4 is 20.7 Å². The summed E-state index contributed by atoms with van der Waals surface area (Å²) < 4.78 is 10.8.